The fourth-order valence-corrected chi connectivity index (χ4v) is 1.57. The normalized spacial score (nSPS) is 15.3. The number of aliphatic imine (C=N–C) groups is 1. The fraction of sp³-hybridized carbons (Fsp3) is 0.538. The third kappa shape index (κ3) is 3.91. The third-order valence-corrected chi connectivity index (χ3v) is 2.69. The molecule has 0 bridgehead atoms. The van der Waals surface area contributed by atoms with Crippen LogP contribution in [-0.4, -0.2) is 30.6 Å². The minimum Gasteiger partial charge on any atom is -0.481 e. The van der Waals surface area contributed by atoms with Crippen LogP contribution in [0.5, 0.6) is 5.88 Å². The number of pyridine rings is 1. The Morgan fingerprint density at radius 2 is 2.39 bits per heavy atom. The third-order valence-electron chi connectivity index (χ3n) is 2.69. The van der Waals surface area contributed by atoms with E-state index in [9.17, 15) is 0 Å². The molecule has 0 amide bonds. The highest BCUT2D eigenvalue weighted by atomic mass is 16.5. The van der Waals surface area contributed by atoms with E-state index in [1.165, 1.54) is 12.8 Å². The molecule has 5 heteroatoms. The van der Waals surface area contributed by atoms with Gasteiger partial charge in [-0.05, 0) is 31.4 Å². The standard InChI is InChI=1S/C13H20N4O/c1-3-14-13(17-11-4-5-11)16-9-10-6-7-15-12(8-10)18-2/h6-8,11H,3-5,9H2,1-2H3,(H2,14,16,17). The van der Waals surface area contributed by atoms with Crippen LogP contribution in [0, 0.1) is 0 Å². The highest BCUT2D eigenvalue weighted by Gasteiger charge is 2.21. The molecule has 1 heterocycles. The van der Waals surface area contributed by atoms with Crippen molar-refractivity contribution in [2.24, 2.45) is 4.99 Å². The molecule has 5 nitrogen and oxygen atoms in total. The van der Waals surface area contributed by atoms with Crippen LogP contribution in [0.2, 0.25) is 0 Å². The maximum atomic E-state index is 5.09. The number of hydrogen-bond donors (Lipinski definition) is 2. The summed E-state index contributed by atoms with van der Waals surface area (Å²) >= 11 is 0. The van der Waals surface area contributed by atoms with Gasteiger partial charge in [-0.15, -0.1) is 0 Å². The zero-order valence-electron chi connectivity index (χ0n) is 10.9. The van der Waals surface area contributed by atoms with E-state index in [0.29, 0.717) is 18.5 Å². The van der Waals surface area contributed by atoms with E-state index in [1.807, 2.05) is 12.1 Å². The fourth-order valence-electron chi connectivity index (χ4n) is 1.57. The van der Waals surface area contributed by atoms with Gasteiger partial charge in [0, 0.05) is 24.8 Å². The summed E-state index contributed by atoms with van der Waals surface area (Å²) < 4.78 is 5.09. The summed E-state index contributed by atoms with van der Waals surface area (Å²) in [4.78, 5) is 8.63. The number of nitrogens with one attached hydrogen (secondary N) is 2. The lowest BCUT2D eigenvalue weighted by molar-refractivity contribution is 0.397. The molecule has 98 valence electrons. The van der Waals surface area contributed by atoms with Crippen molar-refractivity contribution in [3.63, 3.8) is 0 Å². The van der Waals surface area contributed by atoms with Crippen LogP contribution < -0.4 is 15.4 Å². The molecular weight excluding hydrogens is 228 g/mol. The van der Waals surface area contributed by atoms with Crippen LogP contribution in [-0.2, 0) is 6.54 Å². The summed E-state index contributed by atoms with van der Waals surface area (Å²) in [5, 5.41) is 6.63. The molecule has 0 radical (unpaired) electrons. The van der Waals surface area contributed by atoms with Gasteiger partial charge in [0.25, 0.3) is 0 Å². The van der Waals surface area contributed by atoms with Crippen molar-refractivity contribution in [3.8, 4) is 5.88 Å². The van der Waals surface area contributed by atoms with Gasteiger partial charge in [0.15, 0.2) is 5.96 Å². The maximum Gasteiger partial charge on any atom is 0.213 e. The van der Waals surface area contributed by atoms with Gasteiger partial charge in [0.05, 0.1) is 13.7 Å². The molecule has 18 heavy (non-hydrogen) atoms. The first-order chi connectivity index (χ1) is 8.81. The smallest absolute Gasteiger partial charge is 0.213 e. The molecule has 0 aromatic carbocycles. The summed E-state index contributed by atoms with van der Waals surface area (Å²) in [5.74, 6) is 1.51. The van der Waals surface area contributed by atoms with Crippen LogP contribution >= 0.6 is 0 Å². The number of nitrogens with zero attached hydrogens (tertiary/aromatic N) is 2. The van der Waals surface area contributed by atoms with Crippen molar-refractivity contribution in [3.05, 3.63) is 23.9 Å². The zero-order valence-corrected chi connectivity index (χ0v) is 10.9. The lowest BCUT2D eigenvalue weighted by Gasteiger charge is -2.10. The van der Waals surface area contributed by atoms with Crippen LogP contribution in [0.4, 0.5) is 0 Å². The van der Waals surface area contributed by atoms with Gasteiger partial charge >= 0.3 is 0 Å². The summed E-state index contributed by atoms with van der Waals surface area (Å²) in [6.45, 7) is 3.57. The van der Waals surface area contributed by atoms with Crippen LogP contribution in [0.3, 0.4) is 0 Å². The van der Waals surface area contributed by atoms with Crippen molar-refractivity contribution in [1.29, 1.82) is 0 Å². The molecule has 2 rings (SSSR count). The number of rotatable bonds is 5. The molecule has 0 atom stereocenters. The SMILES string of the molecule is CCNC(=NCc1ccnc(OC)c1)NC1CC1. The second-order valence-corrected chi connectivity index (χ2v) is 4.32. The Hall–Kier alpha value is -1.78. The Kier molecular flexibility index (Phi) is 4.39. The summed E-state index contributed by atoms with van der Waals surface area (Å²) in [7, 11) is 1.62. The molecule has 1 fully saturated rings. The van der Waals surface area contributed by atoms with Gasteiger partial charge in [-0.2, -0.15) is 0 Å². The second kappa shape index (κ2) is 6.23. The van der Waals surface area contributed by atoms with Crippen LogP contribution in [0.25, 0.3) is 0 Å². The van der Waals surface area contributed by atoms with Gasteiger partial charge in [0.1, 0.15) is 0 Å². The maximum absolute atomic E-state index is 5.09. The number of ether oxygens (including phenoxy) is 1. The van der Waals surface area contributed by atoms with Gasteiger partial charge < -0.3 is 15.4 Å². The Morgan fingerprint density at radius 3 is 3.06 bits per heavy atom. The van der Waals surface area contributed by atoms with E-state index >= 15 is 0 Å². The van der Waals surface area contributed by atoms with Gasteiger partial charge in [-0.3, -0.25) is 0 Å². The molecule has 0 aliphatic heterocycles. The Labute approximate surface area is 108 Å². The molecule has 2 N–H and O–H groups in total. The lowest BCUT2D eigenvalue weighted by Crippen LogP contribution is -2.38. The van der Waals surface area contributed by atoms with Gasteiger partial charge in [0.2, 0.25) is 5.88 Å². The van der Waals surface area contributed by atoms with Crippen LogP contribution in [0.15, 0.2) is 23.3 Å². The van der Waals surface area contributed by atoms with E-state index in [0.717, 1.165) is 18.1 Å². The Bertz CT molecular complexity index is 415. The molecule has 1 aromatic heterocycles. The van der Waals surface area contributed by atoms with Crippen molar-refractivity contribution < 1.29 is 4.74 Å². The minimum atomic E-state index is 0.606. The predicted octanol–water partition coefficient (Wildman–Crippen LogP) is 1.31. The molecule has 0 saturated heterocycles. The van der Waals surface area contributed by atoms with Crippen molar-refractivity contribution in [2.75, 3.05) is 13.7 Å². The first kappa shape index (κ1) is 12.7. The average Bonchev–Trinajstić information content (AvgIpc) is 3.20. The number of methoxy groups -OCH3 is 1. The first-order valence-electron chi connectivity index (χ1n) is 6.35. The number of aromatic nitrogens is 1. The Balaban J connectivity index is 1.96. The molecule has 1 aromatic rings. The average molecular weight is 248 g/mol. The Morgan fingerprint density at radius 1 is 1.56 bits per heavy atom. The lowest BCUT2D eigenvalue weighted by atomic mass is 10.3. The monoisotopic (exact) mass is 248 g/mol. The summed E-state index contributed by atoms with van der Waals surface area (Å²) in [6.07, 6.45) is 4.23. The topological polar surface area (TPSA) is 58.5 Å². The van der Waals surface area contributed by atoms with E-state index in [-0.39, 0.29) is 0 Å². The molecular formula is C13H20N4O. The summed E-state index contributed by atoms with van der Waals surface area (Å²) in [5.41, 5.74) is 1.09. The largest absolute Gasteiger partial charge is 0.481 e. The second-order valence-electron chi connectivity index (χ2n) is 4.32. The van der Waals surface area contributed by atoms with Crippen molar-refractivity contribution in [2.45, 2.75) is 32.4 Å². The summed E-state index contributed by atoms with van der Waals surface area (Å²) in [6, 6.07) is 4.46. The van der Waals surface area contributed by atoms with Gasteiger partial charge in [-0.25, -0.2) is 9.98 Å². The predicted molar refractivity (Wildman–Crippen MR) is 71.8 cm³/mol. The molecule has 1 aliphatic carbocycles. The number of guanidine groups is 1. The molecule has 0 unspecified atom stereocenters. The van der Waals surface area contributed by atoms with Crippen molar-refractivity contribution in [1.82, 2.24) is 15.6 Å². The van der Waals surface area contributed by atoms with Crippen LogP contribution in [0.1, 0.15) is 25.3 Å². The molecule has 1 aliphatic rings. The zero-order chi connectivity index (χ0) is 12.8. The van der Waals surface area contributed by atoms with Gasteiger partial charge in [-0.1, -0.05) is 0 Å². The molecule has 0 spiro atoms. The van der Waals surface area contributed by atoms with E-state index in [2.05, 4.69) is 27.5 Å². The minimum absolute atomic E-state index is 0.606. The van der Waals surface area contributed by atoms with E-state index in [4.69, 9.17) is 4.74 Å². The van der Waals surface area contributed by atoms with E-state index in [1.54, 1.807) is 13.3 Å². The van der Waals surface area contributed by atoms with E-state index < -0.39 is 0 Å². The first-order valence-corrected chi connectivity index (χ1v) is 6.35. The highest BCUT2D eigenvalue weighted by Crippen LogP contribution is 2.18. The van der Waals surface area contributed by atoms with Crippen molar-refractivity contribution >= 4 is 5.96 Å². The molecule has 1 saturated carbocycles. The quantitative estimate of drug-likeness (QED) is 0.609. The highest BCUT2D eigenvalue weighted by molar-refractivity contribution is 5.80. The number of hydrogen-bond acceptors (Lipinski definition) is 3.